The van der Waals surface area contributed by atoms with Crippen molar-refractivity contribution < 1.29 is 26.3 Å². The summed E-state index contributed by atoms with van der Waals surface area (Å²) in [5, 5.41) is 0. The van der Waals surface area contributed by atoms with Crippen molar-refractivity contribution in [2.75, 3.05) is 19.7 Å². The Morgan fingerprint density at radius 1 is 1.07 bits per heavy atom. The molecule has 152 valence electrons. The molecule has 0 saturated carbocycles. The Morgan fingerprint density at radius 3 is 2.54 bits per heavy atom. The summed E-state index contributed by atoms with van der Waals surface area (Å²) in [4.78, 5) is -0.326. The quantitative estimate of drug-likeness (QED) is 0.709. The molecular weight excluding hydrogens is 391 g/mol. The van der Waals surface area contributed by atoms with E-state index >= 15 is 0 Å². The predicted octanol–water partition coefficient (Wildman–Crippen LogP) is 4.32. The fourth-order valence-corrected chi connectivity index (χ4v) is 4.88. The average Bonchev–Trinajstić information content (AvgIpc) is 2.68. The molecule has 3 rings (SSSR count). The number of rotatable bonds is 6. The number of ether oxygens (including phenoxy) is 1. The highest BCUT2D eigenvalue weighted by atomic mass is 32.2. The molecule has 28 heavy (non-hydrogen) atoms. The minimum atomic E-state index is -4.58. The third-order valence-electron chi connectivity index (χ3n) is 4.75. The summed E-state index contributed by atoms with van der Waals surface area (Å²) in [5.41, 5.74) is 0.0695. The summed E-state index contributed by atoms with van der Waals surface area (Å²) in [5.74, 6) is 0.0121. The van der Waals surface area contributed by atoms with Gasteiger partial charge in [0.1, 0.15) is 0 Å². The summed E-state index contributed by atoms with van der Waals surface area (Å²) in [6.45, 7) is 1.39. The Balaban J connectivity index is 1.64. The minimum absolute atomic E-state index is 0.0121. The smallest absolute Gasteiger partial charge is 0.376 e. The van der Waals surface area contributed by atoms with Gasteiger partial charge in [-0.05, 0) is 42.5 Å². The molecule has 0 aliphatic carbocycles. The van der Waals surface area contributed by atoms with E-state index in [1.807, 2.05) is 30.3 Å². The van der Waals surface area contributed by atoms with Crippen LogP contribution >= 0.6 is 0 Å². The molecule has 1 fully saturated rings. The number of benzene rings is 2. The highest BCUT2D eigenvalue weighted by molar-refractivity contribution is 7.89. The van der Waals surface area contributed by atoms with Crippen molar-refractivity contribution in [3.63, 3.8) is 0 Å². The fourth-order valence-electron chi connectivity index (χ4n) is 3.28. The summed E-state index contributed by atoms with van der Waals surface area (Å²) in [6.07, 6.45) is -3.11. The second-order valence-electron chi connectivity index (χ2n) is 6.90. The number of halogens is 3. The van der Waals surface area contributed by atoms with Gasteiger partial charge < -0.3 is 4.74 Å². The Morgan fingerprint density at radius 2 is 1.82 bits per heavy atom. The maximum atomic E-state index is 12.9. The molecule has 1 heterocycles. The Bertz CT molecular complexity index is 885. The van der Waals surface area contributed by atoms with E-state index in [2.05, 4.69) is 0 Å². The molecule has 2 aromatic carbocycles. The lowest BCUT2D eigenvalue weighted by molar-refractivity contribution is -0.137. The molecule has 0 radical (unpaired) electrons. The van der Waals surface area contributed by atoms with Crippen LogP contribution in [0.15, 0.2) is 59.5 Å². The fraction of sp³-hybridized carbons (Fsp3) is 0.400. The van der Waals surface area contributed by atoms with Crippen LogP contribution in [0, 0.1) is 5.92 Å². The topological polar surface area (TPSA) is 46.6 Å². The monoisotopic (exact) mass is 413 g/mol. The van der Waals surface area contributed by atoms with Crippen LogP contribution in [0.1, 0.15) is 24.0 Å². The number of alkyl halides is 3. The van der Waals surface area contributed by atoms with Gasteiger partial charge in [-0.15, -0.1) is 0 Å². The van der Waals surface area contributed by atoms with Gasteiger partial charge in [-0.3, -0.25) is 0 Å². The van der Waals surface area contributed by atoms with E-state index in [0.717, 1.165) is 24.1 Å². The van der Waals surface area contributed by atoms with Crippen molar-refractivity contribution >= 4 is 10.0 Å². The summed E-state index contributed by atoms with van der Waals surface area (Å²) in [7, 11) is -3.98. The molecule has 0 N–H and O–H groups in total. The third-order valence-corrected chi connectivity index (χ3v) is 6.61. The van der Waals surface area contributed by atoms with Crippen LogP contribution in [0.2, 0.25) is 0 Å². The van der Waals surface area contributed by atoms with Crippen LogP contribution < -0.4 is 0 Å². The second-order valence-corrected chi connectivity index (χ2v) is 8.84. The Labute approximate surface area is 163 Å². The van der Waals surface area contributed by atoms with E-state index in [0.29, 0.717) is 32.2 Å². The molecule has 0 aromatic heterocycles. The van der Waals surface area contributed by atoms with Crippen LogP contribution in [-0.4, -0.2) is 32.4 Å². The molecule has 0 amide bonds. The molecule has 4 nitrogen and oxygen atoms in total. The van der Waals surface area contributed by atoms with Gasteiger partial charge in [0, 0.05) is 13.1 Å². The van der Waals surface area contributed by atoms with E-state index in [-0.39, 0.29) is 17.4 Å². The van der Waals surface area contributed by atoms with E-state index in [4.69, 9.17) is 4.74 Å². The zero-order valence-corrected chi connectivity index (χ0v) is 16.0. The first-order valence-corrected chi connectivity index (χ1v) is 10.5. The van der Waals surface area contributed by atoms with Crippen molar-refractivity contribution in [1.82, 2.24) is 4.31 Å². The molecule has 1 atom stereocenters. The molecule has 0 spiro atoms. The maximum absolute atomic E-state index is 12.9. The number of sulfonamides is 1. The molecule has 0 unspecified atom stereocenters. The Kier molecular flexibility index (Phi) is 6.42. The maximum Gasteiger partial charge on any atom is 0.416 e. The number of piperidine rings is 1. The second kappa shape index (κ2) is 8.63. The van der Waals surface area contributed by atoms with Gasteiger partial charge in [-0.25, -0.2) is 8.42 Å². The van der Waals surface area contributed by atoms with Crippen molar-refractivity contribution in [2.45, 2.75) is 30.5 Å². The van der Waals surface area contributed by atoms with Crippen LogP contribution in [-0.2, 0) is 27.5 Å². The number of hydrogen-bond acceptors (Lipinski definition) is 3. The lowest BCUT2D eigenvalue weighted by Crippen LogP contribution is -2.41. The van der Waals surface area contributed by atoms with Crippen LogP contribution in [0.4, 0.5) is 13.2 Å². The summed E-state index contributed by atoms with van der Waals surface area (Å²) >= 11 is 0. The standard InChI is InChI=1S/C20H22F3NO3S/c21-20(22,23)18-9-4-10-19(12-18)28(25,26)24-11-5-8-17(13-24)15-27-14-16-6-2-1-3-7-16/h1-4,6-7,9-10,12,17H,5,8,11,13-15H2/t17-/m1/s1. The zero-order valence-electron chi connectivity index (χ0n) is 15.2. The normalized spacial score (nSPS) is 18.9. The SMILES string of the molecule is O=S(=O)(c1cccc(C(F)(F)F)c1)N1CCC[C@@H](COCc2ccccc2)C1. The number of hydrogen-bond donors (Lipinski definition) is 0. The largest absolute Gasteiger partial charge is 0.416 e. The lowest BCUT2D eigenvalue weighted by atomic mass is 10.0. The molecule has 2 aromatic rings. The van der Waals surface area contributed by atoms with Crippen molar-refractivity contribution in [2.24, 2.45) is 5.92 Å². The van der Waals surface area contributed by atoms with Crippen LogP contribution in [0.25, 0.3) is 0 Å². The van der Waals surface area contributed by atoms with E-state index in [9.17, 15) is 21.6 Å². The molecule has 1 aliphatic heterocycles. The first-order chi connectivity index (χ1) is 13.3. The van der Waals surface area contributed by atoms with Crippen LogP contribution in [0.3, 0.4) is 0 Å². The van der Waals surface area contributed by atoms with Gasteiger partial charge in [-0.1, -0.05) is 36.4 Å². The lowest BCUT2D eigenvalue weighted by Gasteiger charge is -2.32. The van der Waals surface area contributed by atoms with Crippen molar-refractivity contribution in [3.8, 4) is 0 Å². The van der Waals surface area contributed by atoms with Gasteiger partial charge in [0.25, 0.3) is 0 Å². The zero-order chi connectivity index (χ0) is 20.2. The van der Waals surface area contributed by atoms with Crippen LogP contribution in [0.5, 0.6) is 0 Å². The predicted molar refractivity (Wildman–Crippen MR) is 99.0 cm³/mol. The molecule has 1 saturated heterocycles. The van der Waals surface area contributed by atoms with Gasteiger partial charge in [0.15, 0.2) is 0 Å². The third kappa shape index (κ3) is 5.12. The first-order valence-electron chi connectivity index (χ1n) is 9.06. The Hall–Kier alpha value is -1.90. The van der Waals surface area contributed by atoms with Gasteiger partial charge in [0.05, 0.1) is 23.7 Å². The summed E-state index contributed by atoms with van der Waals surface area (Å²) < 4.78 is 71.4. The molecule has 0 bridgehead atoms. The van der Waals surface area contributed by atoms with Crippen molar-refractivity contribution in [3.05, 3.63) is 65.7 Å². The highest BCUT2D eigenvalue weighted by Crippen LogP contribution is 2.32. The van der Waals surface area contributed by atoms with Gasteiger partial charge in [0.2, 0.25) is 10.0 Å². The first kappa shape index (κ1) is 20.8. The highest BCUT2D eigenvalue weighted by Gasteiger charge is 2.34. The van der Waals surface area contributed by atoms with E-state index in [1.165, 1.54) is 10.4 Å². The summed E-state index contributed by atoms with van der Waals surface area (Å²) in [6, 6.07) is 13.6. The van der Waals surface area contributed by atoms with E-state index < -0.39 is 21.8 Å². The molecule has 8 heteroatoms. The average molecular weight is 413 g/mol. The van der Waals surface area contributed by atoms with E-state index in [1.54, 1.807) is 0 Å². The van der Waals surface area contributed by atoms with Crippen molar-refractivity contribution in [1.29, 1.82) is 0 Å². The minimum Gasteiger partial charge on any atom is -0.376 e. The van der Waals surface area contributed by atoms with Gasteiger partial charge >= 0.3 is 6.18 Å². The molecule has 1 aliphatic rings. The van der Waals surface area contributed by atoms with Gasteiger partial charge in [-0.2, -0.15) is 17.5 Å². The molecular formula is C20H22F3NO3S. The number of nitrogens with zero attached hydrogens (tertiary/aromatic N) is 1.